The lowest BCUT2D eigenvalue weighted by Crippen LogP contribution is -1.97. The lowest BCUT2D eigenvalue weighted by molar-refractivity contribution is 0.419. The van der Waals surface area contributed by atoms with Gasteiger partial charge in [0, 0.05) is 33.4 Å². The fraction of sp³-hybridized carbons (Fsp3) is 0.0870. The molecule has 0 bridgehead atoms. The van der Waals surface area contributed by atoms with Gasteiger partial charge in [-0.05, 0) is 54.1 Å². The molecule has 1 aromatic heterocycles. The first-order valence-electron chi connectivity index (χ1n) is 9.16. The van der Waals surface area contributed by atoms with E-state index in [1.165, 1.54) is 12.1 Å². The fourth-order valence-corrected chi connectivity index (χ4v) is 4.45. The summed E-state index contributed by atoms with van der Waals surface area (Å²) in [7, 11) is -1.84. The van der Waals surface area contributed by atoms with Crippen molar-refractivity contribution in [1.82, 2.24) is 4.98 Å². The monoisotopic (exact) mass is 473 g/mol. The molecule has 0 aliphatic rings. The number of aromatic nitrogens is 1. The number of pyridine rings is 1. The summed E-state index contributed by atoms with van der Waals surface area (Å²) in [4.78, 5) is 4.51. The van der Waals surface area contributed by atoms with Gasteiger partial charge in [0.1, 0.15) is 22.8 Å². The van der Waals surface area contributed by atoms with Crippen molar-refractivity contribution in [2.24, 2.45) is 0 Å². The van der Waals surface area contributed by atoms with Crippen molar-refractivity contribution in [1.29, 1.82) is 0 Å². The Morgan fingerprint density at radius 3 is 2.45 bits per heavy atom. The third kappa shape index (κ3) is 4.46. The number of ether oxygens (including phenoxy) is 2. The highest BCUT2D eigenvalue weighted by atomic mass is 35.5. The van der Waals surface area contributed by atoms with Crippen molar-refractivity contribution < 1.29 is 17.9 Å². The summed E-state index contributed by atoms with van der Waals surface area (Å²) in [6.45, 7) is 0. The summed E-state index contributed by atoms with van der Waals surface area (Å²) in [5.41, 5.74) is 2.32. The van der Waals surface area contributed by atoms with E-state index in [2.05, 4.69) is 4.98 Å². The van der Waals surface area contributed by atoms with Gasteiger partial charge < -0.3 is 9.47 Å². The van der Waals surface area contributed by atoms with E-state index in [-0.39, 0.29) is 9.92 Å². The van der Waals surface area contributed by atoms with Gasteiger partial charge in [0.15, 0.2) is 9.84 Å². The molecule has 0 amide bonds. The van der Waals surface area contributed by atoms with Gasteiger partial charge in [-0.15, -0.1) is 0 Å². The number of para-hydroxylation sites is 1. The van der Waals surface area contributed by atoms with E-state index in [1.54, 1.807) is 37.6 Å². The molecule has 5 nitrogen and oxygen atoms in total. The molecule has 0 fully saturated rings. The number of rotatable bonds is 5. The van der Waals surface area contributed by atoms with Crippen LogP contribution in [-0.2, 0) is 9.84 Å². The number of sulfone groups is 1. The second kappa shape index (κ2) is 8.38. The van der Waals surface area contributed by atoms with Gasteiger partial charge in [-0.3, -0.25) is 4.98 Å². The summed E-state index contributed by atoms with van der Waals surface area (Å²) < 4.78 is 35.1. The highest BCUT2D eigenvalue weighted by molar-refractivity contribution is 7.90. The SMILES string of the molecule is COc1cccc2c(-c3cc(Oc4cc(Cl)cc(S(C)(=O)=O)c4)ccc3Cl)ccnc12. The average Bonchev–Trinajstić information content (AvgIpc) is 2.73. The molecule has 4 rings (SSSR count). The maximum atomic E-state index is 11.9. The molecule has 0 atom stereocenters. The number of hydrogen-bond donors (Lipinski definition) is 0. The molecule has 0 aliphatic heterocycles. The zero-order chi connectivity index (χ0) is 22.2. The van der Waals surface area contributed by atoms with Crippen LogP contribution >= 0.6 is 23.2 Å². The minimum absolute atomic E-state index is 0.0800. The molecular formula is C23H17Cl2NO4S. The van der Waals surface area contributed by atoms with Crippen molar-refractivity contribution in [2.75, 3.05) is 13.4 Å². The van der Waals surface area contributed by atoms with Crippen molar-refractivity contribution in [3.63, 3.8) is 0 Å². The van der Waals surface area contributed by atoms with Crippen molar-refractivity contribution in [3.05, 3.63) is 76.9 Å². The van der Waals surface area contributed by atoms with E-state index in [1.807, 2.05) is 24.3 Å². The fourth-order valence-electron chi connectivity index (χ4n) is 3.27. The van der Waals surface area contributed by atoms with Crippen LogP contribution in [0.3, 0.4) is 0 Å². The van der Waals surface area contributed by atoms with Gasteiger partial charge in [0.2, 0.25) is 0 Å². The third-order valence-corrected chi connectivity index (χ3v) is 6.33. The van der Waals surface area contributed by atoms with Crippen LogP contribution in [0, 0.1) is 0 Å². The molecule has 31 heavy (non-hydrogen) atoms. The molecule has 0 spiro atoms. The van der Waals surface area contributed by atoms with Crippen molar-refractivity contribution in [2.45, 2.75) is 4.90 Å². The van der Waals surface area contributed by atoms with E-state index in [0.717, 1.165) is 28.3 Å². The lowest BCUT2D eigenvalue weighted by atomic mass is 10.0. The van der Waals surface area contributed by atoms with E-state index >= 15 is 0 Å². The first-order valence-corrected chi connectivity index (χ1v) is 11.8. The summed E-state index contributed by atoms with van der Waals surface area (Å²) >= 11 is 12.6. The van der Waals surface area contributed by atoms with Crippen LogP contribution in [-0.4, -0.2) is 26.8 Å². The van der Waals surface area contributed by atoms with Gasteiger partial charge in [-0.1, -0.05) is 35.3 Å². The molecule has 3 aromatic carbocycles. The molecule has 4 aromatic rings. The lowest BCUT2D eigenvalue weighted by Gasteiger charge is -2.13. The van der Waals surface area contributed by atoms with E-state index in [9.17, 15) is 8.42 Å². The normalized spacial score (nSPS) is 11.5. The highest BCUT2D eigenvalue weighted by Crippen LogP contribution is 2.38. The topological polar surface area (TPSA) is 65.5 Å². The molecule has 0 radical (unpaired) electrons. The third-order valence-electron chi connectivity index (χ3n) is 4.69. The van der Waals surface area contributed by atoms with Gasteiger partial charge in [-0.2, -0.15) is 0 Å². The quantitative estimate of drug-likeness (QED) is 0.334. The molecule has 0 saturated carbocycles. The van der Waals surface area contributed by atoms with Gasteiger partial charge >= 0.3 is 0 Å². The number of halogens is 2. The Kier molecular flexibility index (Phi) is 5.79. The van der Waals surface area contributed by atoms with Gasteiger partial charge in [0.05, 0.1) is 12.0 Å². The molecule has 158 valence electrons. The van der Waals surface area contributed by atoms with E-state index in [0.29, 0.717) is 22.3 Å². The molecule has 0 N–H and O–H groups in total. The van der Waals surface area contributed by atoms with Crippen LogP contribution in [0.1, 0.15) is 0 Å². The molecule has 0 saturated heterocycles. The van der Waals surface area contributed by atoms with E-state index < -0.39 is 9.84 Å². The number of benzene rings is 3. The van der Waals surface area contributed by atoms with Gasteiger partial charge in [-0.25, -0.2) is 8.42 Å². The number of methoxy groups -OCH3 is 1. The number of fused-ring (bicyclic) bond motifs is 1. The Hall–Kier alpha value is -2.80. The van der Waals surface area contributed by atoms with Crippen LogP contribution in [0.5, 0.6) is 17.2 Å². The zero-order valence-corrected chi connectivity index (χ0v) is 18.9. The first kappa shape index (κ1) is 21.4. The summed E-state index contributed by atoms with van der Waals surface area (Å²) in [6, 6.07) is 17.1. The largest absolute Gasteiger partial charge is 0.494 e. The Morgan fingerprint density at radius 1 is 0.903 bits per heavy atom. The minimum Gasteiger partial charge on any atom is -0.494 e. The summed E-state index contributed by atoms with van der Waals surface area (Å²) in [6.07, 6.45) is 2.81. The maximum Gasteiger partial charge on any atom is 0.175 e. The smallest absolute Gasteiger partial charge is 0.175 e. The number of nitrogens with zero attached hydrogens (tertiary/aromatic N) is 1. The van der Waals surface area contributed by atoms with Crippen LogP contribution < -0.4 is 9.47 Å². The molecular weight excluding hydrogens is 457 g/mol. The number of hydrogen-bond acceptors (Lipinski definition) is 5. The maximum absolute atomic E-state index is 11.9. The van der Waals surface area contributed by atoms with Crippen molar-refractivity contribution in [3.8, 4) is 28.4 Å². The molecule has 0 aliphatic carbocycles. The van der Waals surface area contributed by atoms with Crippen LogP contribution in [0.2, 0.25) is 10.0 Å². The Bertz CT molecular complexity index is 1400. The van der Waals surface area contributed by atoms with Crippen LogP contribution in [0.4, 0.5) is 0 Å². The predicted octanol–water partition coefficient (Wildman–Crippen LogP) is 6.41. The van der Waals surface area contributed by atoms with E-state index in [4.69, 9.17) is 32.7 Å². The first-order chi connectivity index (χ1) is 14.8. The van der Waals surface area contributed by atoms with Crippen LogP contribution in [0.25, 0.3) is 22.0 Å². The summed E-state index contributed by atoms with van der Waals surface area (Å²) in [5.74, 6) is 1.45. The second-order valence-electron chi connectivity index (χ2n) is 6.85. The average molecular weight is 474 g/mol. The minimum atomic E-state index is -3.43. The standard InChI is InChI=1S/C23H17Cl2NO4S/c1-29-22-5-3-4-19-18(8-9-26-23(19)22)20-13-15(6-7-21(20)25)30-16-10-14(24)11-17(12-16)31(2,27)28/h3-13H,1-2H3. The Morgan fingerprint density at radius 2 is 1.71 bits per heavy atom. The molecule has 1 heterocycles. The van der Waals surface area contributed by atoms with Crippen LogP contribution in [0.15, 0.2) is 71.8 Å². The van der Waals surface area contributed by atoms with Gasteiger partial charge in [0.25, 0.3) is 0 Å². The van der Waals surface area contributed by atoms with Crippen molar-refractivity contribution >= 4 is 43.9 Å². The highest BCUT2D eigenvalue weighted by Gasteiger charge is 2.14. The summed E-state index contributed by atoms with van der Waals surface area (Å²) in [5, 5.41) is 1.67. The molecule has 8 heteroatoms. The molecule has 0 unspecified atom stereocenters. The Balaban J connectivity index is 1.80. The second-order valence-corrected chi connectivity index (χ2v) is 9.71. The zero-order valence-electron chi connectivity index (χ0n) is 16.6. The predicted molar refractivity (Wildman–Crippen MR) is 123 cm³/mol. The Labute approximate surface area is 190 Å².